The van der Waals surface area contributed by atoms with E-state index in [9.17, 15) is 0 Å². The number of hydrogen-bond acceptors (Lipinski definition) is 4. The molecule has 5 nitrogen and oxygen atoms in total. The van der Waals surface area contributed by atoms with Gasteiger partial charge in [0, 0.05) is 30.4 Å². The molecule has 0 atom stereocenters. The second-order valence-electron chi connectivity index (χ2n) is 5.56. The van der Waals surface area contributed by atoms with Crippen LogP contribution >= 0.6 is 0 Å². The first-order valence-corrected chi connectivity index (χ1v) is 6.64. The predicted octanol–water partition coefficient (Wildman–Crippen LogP) is 2.78. The fourth-order valence-electron chi connectivity index (χ4n) is 1.64. The molecule has 0 radical (unpaired) electrons. The summed E-state index contributed by atoms with van der Waals surface area (Å²) < 4.78 is 1.76. The molecule has 2 heterocycles. The molecular formula is C14H21N5. The van der Waals surface area contributed by atoms with Gasteiger partial charge in [-0.1, -0.05) is 27.7 Å². The second-order valence-corrected chi connectivity index (χ2v) is 5.56. The average Bonchev–Trinajstić information content (AvgIpc) is 2.89. The Labute approximate surface area is 114 Å². The van der Waals surface area contributed by atoms with Gasteiger partial charge in [0.15, 0.2) is 5.82 Å². The zero-order valence-corrected chi connectivity index (χ0v) is 12.0. The van der Waals surface area contributed by atoms with Crippen molar-refractivity contribution in [2.24, 2.45) is 0 Å². The smallest absolute Gasteiger partial charge is 0.159 e. The number of nitrogens with zero attached hydrogens (tertiary/aromatic N) is 4. The van der Waals surface area contributed by atoms with Crippen LogP contribution in [0.4, 0.5) is 5.82 Å². The Bertz CT molecular complexity index is 525. The molecule has 0 aromatic carbocycles. The fraction of sp³-hybridized carbons (Fsp3) is 0.500. The van der Waals surface area contributed by atoms with E-state index in [-0.39, 0.29) is 5.41 Å². The van der Waals surface area contributed by atoms with Crippen molar-refractivity contribution >= 4 is 5.82 Å². The zero-order chi connectivity index (χ0) is 13.9. The molecule has 0 saturated carbocycles. The first-order chi connectivity index (χ1) is 9.00. The molecular weight excluding hydrogens is 238 g/mol. The van der Waals surface area contributed by atoms with Crippen LogP contribution in [0.5, 0.6) is 0 Å². The molecule has 2 aromatic rings. The Morgan fingerprint density at radius 2 is 2.05 bits per heavy atom. The van der Waals surface area contributed by atoms with Gasteiger partial charge in [-0.15, -0.1) is 0 Å². The first-order valence-electron chi connectivity index (χ1n) is 6.64. The summed E-state index contributed by atoms with van der Waals surface area (Å²) in [6.07, 6.45) is 4.70. The molecule has 102 valence electrons. The standard InChI is InChI=1S/C14H21N5/c1-5-7-15-11-10-12(19-9-6-8-16-19)18-13(17-11)14(2,3)4/h6,8-10H,5,7H2,1-4H3,(H,15,17,18). The summed E-state index contributed by atoms with van der Waals surface area (Å²) in [7, 11) is 0. The lowest BCUT2D eigenvalue weighted by Crippen LogP contribution is -2.19. The van der Waals surface area contributed by atoms with E-state index in [1.165, 1.54) is 0 Å². The van der Waals surface area contributed by atoms with E-state index >= 15 is 0 Å². The van der Waals surface area contributed by atoms with Crippen LogP contribution < -0.4 is 5.32 Å². The number of aromatic nitrogens is 4. The van der Waals surface area contributed by atoms with Gasteiger partial charge in [-0.25, -0.2) is 14.6 Å². The molecule has 0 unspecified atom stereocenters. The molecule has 0 fully saturated rings. The lowest BCUT2D eigenvalue weighted by atomic mass is 9.96. The van der Waals surface area contributed by atoms with E-state index in [4.69, 9.17) is 0 Å². The van der Waals surface area contributed by atoms with Gasteiger partial charge in [0.05, 0.1) is 0 Å². The van der Waals surface area contributed by atoms with Crippen LogP contribution in [0, 0.1) is 0 Å². The lowest BCUT2D eigenvalue weighted by molar-refractivity contribution is 0.542. The number of anilines is 1. The molecule has 5 heteroatoms. The third-order valence-electron chi connectivity index (χ3n) is 2.68. The van der Waals surface area contributed by atoms with Crippen molar-refractivity contribution in [3.8, 4) is 5.82 Å². The van der Waals surface area contributed by atoms with Crippen molar-refractivity contribution in [1.82, 2.24) is 19.7 Å². The predicted molar refractivity (Wildman–Crippen MR) is 76.6 cm³/mol. The number of rotatable bonds is 4. The van der Waals surface area contributed by atoms with Crippen molar-refractivity contribution in [2.75, 3.05) is 11.9 Å². The summed E-state index contributed by atoms with van der Waals surface area (Å²) >= 11 is 0. The Morgan fingerprint density at radius 3 is 2.63 bits per heavy atom. The maximum absolute atomic E-state index is 4.60. The summed E-state index contributed by atoms with van der Waals surface area (Å²) in [6.45, 7) is 9.36. The van der Waals surface area contributed by atoms with Gasteiger partial charge in [0.2, 0.25) is 0 Å². The second kappa shape index (κ2) is 5.38. The van der Waals surface area contributed by atoms with Crippen LogP contribution in [0.2, 0.25) is 0 Å². The average molecular weight is 259 g/mol. The summed E-state index contributed by atoms with van der Waals surface area (Å²) in [5, 5.41) is 7.55. The maximum Gasteiger partial charge on any atom is 0.159 e. The van der Waals surface area contributed by atoms with Crippen molar-refractivity contribution in [1.29, 1.82) is 0 Å². The lowest BCUT2D eigenvalue weighted by Gasteiger charge is -2.18. The molecule has 1 N–H and O–H groups in total. The van der Waals surface area contributed by atoms with Crippen LogP contribution in [0.3, 0.4) is 0 Å². The van der Waals surface area contributed by atoms with E-state index < -0.39 is 0 Å². The molecule has 2 rings (SSSR count). The molecule has 0 amide bonds. The number of hydrogen-bond donors (Lipinski definition) is 1. The van der Waals surface area contributed by atoms with Gasteiger partial charge in [0.25, 0.3) is 0 Å². The van der Waals surface area contributed by atoms with Gasteiger partial charge in [-0.05, 0) is 12.5 Å². The Kier molecular flexibility index (Phi) is 3.83. The summed E-state index contributed by atoms with van der Waals surface area (Å²) in [5.74, 6) is 2.47. The monoisotopic (exact) mass is 259 g/mol. The van der Waals surface area contributed by atoms with E-state index in [1.807, 2.05) is 18.3 Å². The highest BCUT2D eigenvalue weighted by atomic mass is 15.3. The van der Waals surface area contributed by atoms with Crippen LogP contribution in [-0.2, 0) is 5.41 Å². The van der Waals surface area contributed by atoms with Gasteiger partial charge in [0.1, 0.15) is 11.6 Å². The minimum atomic E-state index is -0.0915. The fourth-order valence-corrected chi connectivity index (χ4v) is 1.64. The Hall–Kier alpha value is -1.91. The molecule has 2 aromatic heterocycles. The summed E-state index contributed by atoms with van der Waals surface area (Å²) in [4.78, 5) is 9.19. The van der Waals surface area contributed by atoms with Crippen molar-refractivity contribution in [3.05, 3.63) is 30.4 Å². The van der Waals surface area contributed by atoms with Crippen molar-refractivity contribution in [3.63, 3.8) is 0 Å². The quantitative estimate of drug-likeness (QED) is 0.917. The molecule has 0 bridgehead atoms. The Balaban J connectivity index is 2.43. The van der Waals surface area contributed by atoms with E-state index in [0.29, 0.717) is 0 Å². The van der Waals surface area contributed by atoms with Crippen molar-refractivity contribution < 1.29 is 0 Å². The summed E-state index contributed by atoms with van der Waals surface area (Å²) in [6, 6.07) is 3.82. The van der Waals surface area contributed by atoms with Gasteiger partial charge >= 0.3 is 0 Å². The third-order valence-corrected chi connectivity index (χ3v) is 2.68. The van der Waals surface area contributed by atoms with Crippen molar-refractivity contribution in [2.45, 2.75) is 39.5 Å². The van der Waals surface area contributed by atoms with Crippen LogP contribution in [0.15, 0.2) is 24.5 Å². The highest BCUT2D eigenvalue weighted by Crippen LogP contribution is 2.21. The van der Waals surface area contributed by atoms with E-state index in [0.717, 1.165) is 30.4 Å². The van der Waals surface area contributed by atoms with Gasteiger partial charge < -0.3 is 5.32 Å². The van der Waals surface area contributed by atoms with Crippen LogP contribution in [0.25, 0.3) is 5.82 Å². The molecule has 0 saturated heterocycles. The third kappa shape index (κ3) is 3.30. The summed E-state index contributed by atoms with van der Waals surface area (Å²) in [5.41, 5.74) is -0.0915. The minimum absolute atomic E-state index is 0.0915. The minimum Gasteiger partial charge on any atom is -0.370 e. The molecule has 0 aliphatic rings. The SMILES string of the molecule is CCCNc1cc(-n2cccn2)nc(C(C)(C)C)n1. The zero-order valence-electron chi connectivity index (χ0n) is 12.0. The molecule has 0 aliphatic heterocycles. The first kappa shape index (κ1) is 13.5. The maximum atomic E-state index is 4.60. The topological polar surface area (TPSA) is 55.6 Å². The number of nitrogens with one attached hydrogen (secondary N) is 1. The van der Waals surface area contributed by atoms with Crippen LogP contribution in [-0.4, -0.2) is 26.3 Å². The molecule has 0 aliphatic carbocycles. The van der Waals surface area contributed by atoms with E-state index in [2.05, 4.69) is 48.1 Å². The largest absolute Gasteiger partial charge is 0.370 e. The van der Waals surface area contributed by atoms with E-state index in [1.54, 1.807) is 10.9 Å². The molecule has 0 spiro atoms. The highest BCUT2D eigenvalue weighted by molar-refractivity contribution is 5.42. The van der Waals surface area contributed by atoms with Crippen LogP contribution in [0.1, 0.15) is 39.9 Å². The van der Waals surface area contributed by atoms with Gasteiger partial charge in [-0.2, -0.15) is 5.10 Å². The Morgan fingerprint density at radius 1 is 1.26 bits per heavy atom. The molecule has 19 heavy (non-hydrogen) atoms. The highest BCUT2D eigenvalue weighted by Gasteiger charge is 2.19. The van der Waals surface area contributed by atoms with Gasteiger partial charge in [-0.3, -0.25) is 0 Å². The normalized spacial score (nSPS) is 11.6.